The largest absolute Gasteiger partial charge is 0.306 e. The molecule has 0 saturated heterocycles. The van der Waals surface area contributed by atoms with E-state index in [9.17, 15) is 9.59 Å². The average Bonchev–Trinajstić information content (AvgIpc) is 2.89. The zero-order valence-electron chi connectivity index (χ0n) is 8.97. The van der Waals surface area contributed by atoms with Crippen LogP contribution in [0.25, 0.3) is 0 Å². The molecule has 6 heteroatoms. The van der Waals surface area contributed by atoms with Crippen molar-refractivity contribution >= 4 is 23.3 Å². The van der Waals surface area contributed by atoms with Crippen molar-refractivity contribution < 1.29 is 9.59 Å². The lowest BCUT2D eigenvalue weighted by atomic mass is 10.1. The van der Waals surface area contributed by atoms with Crippen LogP contribution in [0.1, 0.15) is 15.9 Å². The highest BCUT2D eigenvalue weighted by Crippen LogP contribution is 2.34. The SMILES string of the molecule is Cc1cccc2c1C(=O)C(=O)N2c1ncn[nH]1. The van der Waals surface area contributed by atoms with Gasteiger partial charge in [0.1, 0.15) is 6.33 Å². The summed E-state index contributed by atoms with van der Waals surface area (Å²) in [6.45, 7) is 1.80. The third-order valence-electron chi connectivity index (χ3n) is 2.73. The first-order chi connectivity index (χ1) is 8.20. The van der Waals surface area contributed by atoms with Gasteiger partial charge < -0.3 is 0 Å². The summed E-state index contributed by atoms with van der Waals surface area (Å²) in [7, 11) is 0. The second kappa shape index (κ2) is 3.24. The number of benzene rings is 1. The van der Waals surface area contributed by atoms with Crippen LogP contribution < -0.4 is 4.90 Å². The van der Waals surface area contributed by atoms with E-state index in [2.05, 4.69) is 15.2 Å². The number of aromatic nitrogens is 3. The van der Waals surface area contributed by atoms with E-state index in [4.69, 9.17) is 0 Å². The van der Waals surface area contributed by atoms with Gasteiger partial charge in [0.2, 0.25) is 5.95 Å². The Morgan fingerprint density at radius 1 is 1.29 bits per heavy atom. The van der Waals surface area contributed by atoms with Crippen molar-refractivity contribution in [1.29, 1.82) is 0 Å². The molecular weight excluding hydrogens is 220 g/mol. The van der Waals surface area contributed by atoms with Gasteiger partial charge in [-0.2, -0.15) is 10.1 Å². The van der Waals surface area contributed by atoms with E-state index < -0.39 is 11.7 Å². The number of Topliss-reactive ketones (excluding diaryl/α,β-unsaturated/α-hetero) is 1. The standard InChI is InChI=1S/C11H8N4O2/c1-6-3-2-4-7-8(6)9(16)10(17)15(7)11-12-5-13-14-11/h2-5H,1H3,(H,12,13,14). The maximum absolute atomic E-state index is 11.9. The van der Waals surface area contributed by atoms with Gasteiger partial charge in [0.15, 0.2) is 0 Å². The van der Waals surface area contributed by atoms with E-state index in [-0.39, 0.29) is 5.95 Å². The van der Waals surface area contributed by atoms with E-state index in [1.807, 2.05) is 0 Å². The van der Waals surface area contributed by atoms with Gasteiger partial charge in [0.05, 0.1) is 11.3 Å². The molecule has 0 aliphatic carbocycles. The summed E-state index contributed by atoms with van der Waals surface area (Å²) in [6.07, 6.45) is 1.29. The number of carbonyl (C=O) groups excluding carboxylic acids is 2. The van der Waals surface area contributed by atoms with Crippen molar-refractivity contribution in [2.45, 2.75) is 6.92 Å². The van der Waals surface area contributed by atoms with Gasteiger partial charge in [0, 0.05) is 0 Å². The summed E-state index contributed by atoms with van der Waals surface area (Å²) < 4.78 is 0. The van der Waals surface area contributed by atoms with Gasteiger partial charge in [-0.3, -0.25) is 9.59 Å². The van der Waals surface area contributed by atoms with Crippen LogP contribution in [0.5, 0.6) is 0 Å². The highest BCUT2D eigenvalue weighted by atomic mass is 16.2. The molecule has 0 bridgehead atoms. The minimum atomic E-state index is -0.606. The van der Waals surface area contributed by atoms with Crippen LogP contribution in [0.3, 0.4) is 0 Å². The van der Waals surface area contributed by atoms with Gasteiger partial charge in [-0.25, -0.2) is 10.00 Å². The molecule has 0 atom stereocenters. The van der Waals surface area contributed by atoms with Crippen molar-refractivity contribution in [3.05, 3.63) is 35.7 Å². The van der Waals surface area contributed by atoms with Crippen LogP contribution in [-0.4, -0.2) is 26.9 Å². The predicted molar refractivity (Wildman–Crippen MR) is 59.0 cm³/mol. The number of nitrogens with one attached hydrogen (secondary N) is 1. The van der Waals surface area contributed by atoms with Crippen molar-refractivity contribution in [3.8, 4) is 0 Å². The molecule has 1 aliphatic rings. The van der Waals surface area contributed by atoms with Crippen LogP contribution >= 0.6 is 0 Å². The summed E-state index contributed by atoms with van der Waals surface area (Å²) in [6, 6.07) is 5.31. The maximum atomic E-state index is 11.9. The Balaban J connectivity index is 2.25. The Hall–Kier alpha value is -2.50. The normalized spacial score (nSPS) is 14.3. The first-order valence-corrected chi connectivity index (χ1v) is 5.04. The number of fused-ring (bicyclic) bond motifs is 1. The Bertz CT molecular complexity index is 618. The van der Waals surface area contributed by atoms with Gasteiger partial charge >= 0.3 is 5.91 Å². The number of carbonyl (C=O) groups is 2. The molecule has 0 spiro atoms. The number of anilines is 2. The van der Waals surface area contributed by atoms with Gasteiger partial charge in [-0.15, -0.1) is 0 Å². The molecule has 3 rings (SSSR count). The van der Waals surface area contributed by atoms with Crippen LogP contribution in [-0.2, 0) is 4.79 Å². The average molecular weight is 228 g/mol. The Morgan fingerprint density at radius 3 is 2.82 bits per heavy atom. The molecule has 2 aromatic rings. The van der Waals surface area contributed by atoms with Gasteiger partial charge in [-0.05, 0) is 18.6 Å². The van der Waals surface area contributed by atoms with E-state index >= 15 is 0 Å². The molecule has 17 heavy (non-hydrogen) atoms. The lowest BCUT2D eigenvalue weighted by molar-refractivity contribution is -0.113. The number of ketones is 1. The van der Waals surface area contributed by atoms with Crippen LogP contribution in [0.2, 0.25) is 0 Å². The third-order valence-corrected chi connectivity index (χ3v) is 2.73. The smallest absolute Gasteiger partial charge is 0.283 e. The summed E-state index contributed by atoms with van der Waals surface area (Å²) in [5.74, 6) is -0.853. The number of rotatable bonds is 1. The maximum Gasteiger partial charge on any atom is 0.306 e. The lowest BCUT2D eigenvalue weighted by Crippen LogP contribution is -2.25. The quantitative estimate of drug-likeness (QED) is 0.738. The highest BCUT2D eigenvalue weighted by molar-refractivity contribution is 6.53. The zero-order chi connectivity index (χ0) is 12.0. The molecule has 1 amide bonds. The minimum absolute atomic E-state index is 0.257. The number of nitrogens with zero attached hydrogens (tertiary/aromatic N) is 3. The molecule has 1 N–H and O–H groups in total. The van der Waals surface area contributed by atoms with Crippen LogP contribution in [0.4, 0.5) is 11.6 Å². The van der Waals surface area contributed by atoms with Crippen molar-refractivity contribution in [2.75, 3.05) is 4.90 Å². The summed E-state index contributed by atoms with van der Waals surface area (Å²) in [5.41, 5.74) is 1.77. The van der Waals surface area contributed by atoms with Gasteiger partial charge in [0.25, 0.3) is 5.78 Å². The summed E-state index contributed by atoms with van der Waals surface area (Å²) >= 11 is 0. The third kappa shape index (κ3) is 1.20. The highest BCUT2D eigenvalue weighted by Gasteiger charge is 2.39. The predicted octanol–water partition coefficient (Wildman–Crippen LogP) is 0.974. The second-order valence-electron chi connectivity index (χ2n) is 3.75. The monoisotopic (exact) mass is 228 g/mol. The fourth-order valence-corrected chi connectivity index (χ4v) is 1.97. The van der Waals surface area contributed by atoms with Crippen LogP contribution in [0, 0.1) is 6.92 Å². The fourth-order valence-electron chi connectivity index (χ4n) is 1.97. The molecule has 0 radical (unpaired) electrons. The fraction of sp³-hybridized carbons (Fsp3) is 0.0909. The summed E-state index contributed by atoms with van der Waals surface area (Å²) in [4.78, 5) is 28.9. The molecule has 0 fully saturated rings. The number of aromatic amines is 1. The number of amides is 1. The molecule has 2 heterocycles. The summed E-state index contributed by atoms with van der Waals surface area (Å²) in [5, 5.41) is 6.26. The lowest BCUT2D eigenvalue weighted by Gasteiger charge is -2.11. The molecule has 0 saturated carbocycles. The zero-order valence-corrected chi connectivity index (χ0v) is 8.97. The van der Waals surface area contributed by atoms with E-state index in [0.717, 1.165) is 5.56 Å². The number of hydrogen-bond donors (Lipinski definition) is 1. The van der Waals surface area contributed by atoms with Crippen molar-refractivity contribution in [2.24, 2.45) is 0 Å². The molecule has 1 aliphatic heterocycles. The molecule has 6 nitrogen and oxygen atoms in total. The van der Waals surface area contributed by atoms with Crippen LogP contribution in [0.15, 0.2) is 24.5 Å². The Morgan fingerprint density at radius 2 is 2.12 bits per heavy atom. The van der Waals surface area contributed by atoms with E-state index in [1.54, 1.807) is 25.1 Å². The first-order valence-electron chi connectivity index (χ1n) is 5.04. The van der Waals surface area contributed by atoms with Crippen molar-refractivity contribution in [3.63, 3.8) is 0 Å². The molecule has 1 aromatic carbocycles. The van der Waals surface area contributed by atoms with E-state index in [0.29, 0.717) is 11.3 Å². The first kappa shape index (κ1) is 9.71. The molecule has 1 aromatic heterocycles. The van der Waals surface area contributed by atoms with Gasteiger partial charge in [-0.1, -0.05) is 12.1 Å². The second-order valence-corrected chi connectivity index (χ2v) is 3.75. The Kier molecular flexibility index (Phi) is 1.85. The van der Waals surface area contributed by atoms with E-state index in [1.165, 1.54) is 11.2 Å². The molecule has 84 valence electrons. The molecule has 0 unspecified atom stereocenters. The number of aryl methyl sites for hydroxylation is 1. The Labute approximate surface area is 96.3 Å². The molecular formula is C11H8N4O2. The number of hydrogen-bond acceptors (Lipinski definition) is 4. The topological polar surface area (TPSA) is 79.0 Å². The minimum Gasteiger partial charge on any atom is -0.283 e. The van der Waals surface area contributed by atoms with Crippen molar-refractivity contribution in [1.82, 2.24) is 15.2 Å². The number of H-pyrrole nitrogens is 1.